The zero-order chi connectivity index (χ0) is 13.4. The Kier molecular flexibility index (Phi) is 2.81. The summed E-state index contributed by atoms with van der Waals surface area (Å²) in [6.45, 7) is 6.50. The van der Waals surface area contributed by atoms with E-state index in [0.29, 0.717) is 5.92 Å². The summed E-state index contributed by atoms with van der Waals surface area (Å²) < 4.78 is 0. The summed E-state index contributed by atoms with van der Waals surface area (Å²) in [5.74, 6) is 0.408. The maximum Gasteiger partial charge on any atom is 0.105 e. The summed E-state index contributed by atoms with van der Waals surface area (Å²) in [5.41, 5.74) is 6.93. The minimum absolute atomic E-state index is 0.408. The van der Waals surface area contributed by atoms with E-state index >= 15 is 0 Å². The Morgan fingerprint density at radius 1 is 0.947 bits per heavy atom. The lowest BCUT2D eigenvalue weighted by Gasteiger charge is -2.15. The molecule has 0 saturated carbocycles. The molecule has 3 rings (SSSR count). The number of nitrogens with zero attached hydrogens (tertiary/aromatic N) is 2. The molecule has 19 heavy (non-hydrogen) atoms. The minimum Gasteiger partial charge on any atom is -0.185 e. The molecule has 0 amide bonds. The highest BCUT2D eigenvalue weighted by Gasteiger charge is 2.18. The van der Waals surface area contributed by atoms with Gasteiger partial charge in [-0.25, -0.2) is 0 Å². The van der Waals surface area contributed by atoms with E-state index in [2.05, 4.69) is 67.1 Å². The van der Waals surface area contributed by atoms with Gasteiger partial charge in [-0.2, -0.15) is 9.98 Å². The van der Waals surface area contributed by atoms with E-state index in [-0.39, 0.29) is 0 Å². The molecule has 0 N–H and O–H groups in total. The highest BCUT2D eigenvalue weighted by Crippen LogP contribution is 2.43. The molecule has 0 aromatic heterocycles. The van der Waals surface area contributed by atoms with Gasteiger partial charge >= 0.3 is 0 Å². The van der Waals surface area contributed by atoms with Gasteiger partial charge in [-0.15, -0.1) is 0 Å². The molecular weight excluding hydrogens is 232 g/mol. The second-order valence-corrected chi connectivity index (χ2v) is 5.24. The first-order valence-corrected chi connectivity index (χ1v) is 6.57. The Balaban J connectivity index is 2.22. The third kappa shape index (κ3) is 2.00. The van der Waals surface area contributed by atoms with Gasteiger partial charge in [0.15, 0.2) is 0 Å². The third-order valence-electron chi connectivity index (χ3n) is 3.47. The maximum absolute atomic E-state index is 4.31. The minimum atomic E-state index is 0.408. The molecule has 0 spiro atoms. The van der Waals surface area contributed by atoms with Gasteiger partial charge in [0.2, 0.25) is 0 Å². The normalized spacial score (nSPS) is 12.2. The summed E-state index contributed by atoms with van der Waals surface area (Å²) in [4.78, 5) is 8.48. The summed E-state index contributed by atoms with van der Waals surface area (Å²) >= 11 is 0. The molecule has 1 aliphatic heterocycles. The van der Waals surface area contributed by atoms with Crippen molar-refractivity contribution < 1.29 is 0 Å². The van der Waals surface area contributed by atoms with Crippen LogP contribution in [0.2, 0.25) is 0 Å². The van der Waals surface area contributed by atoms with Crippen LogP contribution in [0.4, 0.5) is 11.4 Å². The molecule has 0 aliphatic carbocycles. The molecular formula is C17H16N2. The predicted octanol–water partition coefficient (Wildman–Crippen LogP) is 5.24. The van der Waals surface area contributed by atoms with E-state index in [1.54, 1.807) is 0 Å². The van der Waals surface area contributed by atoms with Gasteiger partial charge in [0.05, 0.1) is 0 Å². The molecule has 0 saturated heterocycles. The Bertz CT molecular complexity index is 688. The Morgan fingerprint density at radius 2 is 1.68 bits per heavy atom. The van der Waals surface area contributed by atoms with E-state index in [9.17, 15) is 0 Å². The van der Waals surface area contributed by atoms with Crippen molar-refractivity contribution in [1.29, 1.82) is 0 Å². The van der Waals surface area contributed by atoms with E-state index in [1.807, 2.05) is 6.07 Å². The number of aryl methyl sites for hydroxylation is 1. The van der Waals surface area contributed by atoms with Gasteiger partial charge in [0.25, 0.3) is 0 Å². The van der Waals surface area contributed by atoms with Crippen molar-refractivity contribution in [3.63, 3.8) is 0 Å². The summed E-state index contributed by atoms with van der Waals surface area (Å²) in [7, 11) is 0. The summed E-state index contributed by atoms with van der Waals surface area (Å²) in [6, 6.07) is 15.5. The number of aliphatic imine (C=N–C) groups is 2. The Hall–Kier alpha value is -2.18. The maximum atomic E-state index is 4.31. The molecule has 94 valence electrons. The highest BCUT2D eigenvalue weighted by atomic mass is 14.9. The molecule has 2 aromatic rings. The van der Waals surface area contributed by atoms with Crippen LogP contribution in [0, 0.1) is 6.92 Å². The number of hydrogen-bond acceptors (Lipinski definition) is 2. The number of rotatable bonds is 2. The van der Waals surface area contributed by atoms with Crippen molar-refractivity contribution in [2.75, 3.05) is 0 Å². The SMILES string of the molecule is Cc1ccc(-c2ccc3c(c2C(C)C)N=C=N3)cc1. The molecule has 2 nitrogen and oxygen atoms in total. The quantitative estimate of drug-likeness (QED) is 0.592. The second kappa shape index (κ2) is 4.49. The fourth-order valence-corrected chi connectivity index (χ4v) is 2.50. The zero-order valence-electron chi connectivity index (χ0n) is 11.4. The van der Waals surface area contributed by atoms with Gasteiger partial charge in [-0.3, -0.25) is 0 Å². The van der Waals surface area contributed by atoms with Crippen LogP contribution in [0.15, 0.2) is 46.4 Å². The zero-order valence-corrected chi connectivity index (χ0v) is 11.4. The molecule has 1 aliphatic rings. The van der Waals surface area contributed by atoms with Crippen molar-refractivity contribution in [3.05, 3.63) is 47.5 Å². The lowest BCUT2D eigenvalue weighted by atomic mass is 9.90. The van der Waals surface area contributed by atoms with Crippen molar-refractivity contribution >= 4 is 17.4 Å². The molecule has 2 aromatic carbocycles. The topological polar surface area (TPSA) is 24.7 Å². The largest absolute Gasteiger partial charge is 0.185 e. The molecule has 0 fully saturated rings. The molecule has 1 heterocycles. The van der Waals surface area contributed by atoms with Crippen LogP contribution >= 0.6 is 0 Å². The van der Waals surface area contributed by atoms with Crippen molar-refractivity contribution in [2.45, 2.75) is 26.7 Å². The highest BCUT2D eigenvalue weighted by molar-refractivity contribution is 5.85. The lowest BCUT2D eigenvalue weighted by molar-refractivity contribution is 0.870. The van der Waals surface area contributed by atoms with Crippen LogP contribution in [0.3, 0.4) is 0 Å². The monoisotopic (exact) mass is 248 g/mol. The van der Waals surface area contributed by atoms with Crippen molar-refractivity contribution in [2.24, 2.45) is 9.98 Å². The van der Waals surface area contributed by atoms with E-state index in [4.69, 9.17) is 0 Å². The van der Waals surface area contributed by atoms with E-state index in [0.717, 1.165) is 11.4 Å². The number of fused-ring (bicyclic) bond motifs is 1. The first kappa shape index (κ1) is 11.9. The van der Waals surface area contributed by atoms with Crippen molar-refractivity contribution in [1.82, 2.24) is 0 Å². The predicted molar refractivity (Wildman–Crippen MR) is 79.9 cm³/mol. The van der Waals surface area contributed by atoms with Crippen LogP contribution in [-0.2, 0) is 0 Å². The average Bonchev–Trinajstić information content (AvgIpc) is 2.86. The molecule has 2 heteroatoms. The van der Waals surface area contributed by atoms with Gasteiger partial charge in [-0.05, 0) is 35.6 Å². The smallest absolute Gasteiger partial charge is 0.105 e. The van der Waals surface area contributed by atoms with Gasteiger partial charge < -0.3 is 0 Å². The first-order valence-electron chi connectivity index (χ1n) is 6.57. The number of hydrogen-bond donors (Lipinski definition) is 0. The van der Waals surface area contributed by atoms with Crippen LogP contribution < -0.4 is 0 Å². The third-order valence-corrected chi connectivity index (χ3v) is 3.47. The van der Waals surface area contributed by atoms with Gasteiger partial charge in [-0.1, -0.05) is 49.7 Å². The number of benzene rings is 2. The van der Waals surface area contributed by atoms with Crippen LogP contribution in [0.1, 0.15) is 30.9 Å². The Morgan fingerprint density at radius 3 is 2.37 bits per heavy atom. The van der Waals surface area contributed by atoms with Gasteiger partial charge in [0, 0.05) is 0 Å². The Labute approximate surface area is 113 Å². The van der Waals surface area contributed by atoms with Crippen LogP contribution in [0.25, 0.3) is 11.1 Å². The summed E-state index contributed by atoms with van der Waals surface area (Å²) in [5, 5.41) is 0. The van der Waals surface area contributed by atoms with Gasteiger partial charge in [0.1, 0.15) is 17.4 Å². The fraction of sp³-hybridized carbons (Fsp3) is 0.235. The van der Waals surface area contributed by atoms with E-state index in [1.165, 1.54) is 22.3 Å². The second-order valence-electron chi connectivity index (χ2n) is 5.24. The first-order chi connectivity index (χ1) is 9.16. The average molecular weight is 248 g/mol. The fourth-order valence-electron chi connectivity index (χ4n) is 2.50. The molecule has 0 unspecified atom stereocenters. The van der Waals surface area contributed by atoms with E-state index < -0.39 is 0 Å². The molecule has 0 bridgehead atoms. The molecule has 0 atom stereocenters. The standard InChI is InChI=1S/C17H16N2/c1-11(2)16-14(13-6-4-12(3)5-7-13)8-9-15-17(16)19-10-18-15/h4-9,11H,1-3H3. The van der Waals surface area contributed by atoms with Crippen LogP contribution in [0.5, 0.6) is 0 Å². The lowest BCUT2D eigenvalue weighted by Crippen LogP contribution is -1.93. The van der Waals surface area contributed by atoms with Crippen LogP contribution in [-0.4, -0.2) is 6.01 Å². The molecule has 0 radical (unpaired) electrons. The van der Waals surface area contributed by atoms with Crippen molar-refractivity contribution in [3.8, 4) is 11.1 Å². The summed E-state index contributed by atoms with van der Waals surface area (Å²) in [6.07, 6.45) is 0.